The molecule has 18 heavy (non-hydrogen) atoms. The van der Waals surface area contributed by atoms with Crippen LogP contribution in [0.3, 0.4) is 0 Å². The number of hydrogen-bond donors (Lipinski definition) is 0. The van der Waals surface area contributed by atoms with Gasteiger partial charge in [0.25, 0.3) is 0 Å². The molecule has 4 nitrogen and oxygen atoms in total. The molecular weight excluding hydrogens is 226 g/mol. The second kappa shape index (κ2) is 5.22. The van der Waals surface area contributed by atoms with Crippen molar-refractivity contribution in [3.8, 4) is 0 Å². The molecule has 1 aliphatic heterocycles. The van der Waals surface area contributed by atoms with Gasteiger partial charge in [0.1, 0.15) is 5.78 Å². The van der Waals surface area contributed by atoms with E-state index in [4.69, 9.17) is 5.10 Å². The van der Waals surface area contributed by atoms with Crippen LogP contribution in [0.25, 0.3) is 0 Å². The minimum Gasteiger partial charge on any atom is -0.300 e. The summed E-state index contributed by atoms with van der Waals surface area (Å²) in [7, 11) is 0. The molecule has 0 N–H and O–H groups in total. The van der Waals surface area contributed by atoms with Crippen LogP contribution in [-0.4, -0.2) is 33.6 Å². The van der Waals surface area contributed by atoms with E-state index in [0.29, 0.717) is 24.7 Å². The molecule has 0 bridgehead atoms. The minimum absolute atomic E-state index is 0.405. The third kappa shape index (κ3) is 2.64. The quantitative estimate of drug-likeness (QED) is 0.821. The zero-order chi connectivity index (χ0) is 12.4. The highest BCUT2D eigenvalue weighted by atomic mass is 16.1. The van der Waals surface area contributed by atoms with E-state index >= 15 is 0 Å². The molecule has 0 spiro atoms. The fourth-order valence-corrected chi connectivity index (χ4v) is 3.02. The molecule has 4 heteroatoms. The average molecular weight is 247 g/mol. The van der Waals surface area contributed by atoms with Crippen LogP contribution in [0.5, 0.6) is 0 Å². The number of carbonyl (C=O) groups excluding carboxylic acids is 1. The van der Waals surface area contributed by atoms with Crippen LogP contribution in [0.15, 0.2) is 12.3 Å². The van der Waals surface area contributed by atoms with Gasteiger partial charge >= 0.3 is 0 Å². The van der Waals surface area contributed by atoms with Crippen LogP contribution >= 0.6 is 0 Å². The third-order valence-corrected chi connectivity index (χ3v) is 4.16. The summed E-state index contributed by atoms with van der Waals surface area (Å²) < 4.78 is 2.15. The van der Waals surface area contributed by atoms with Crippen LogP contribution in [0.2, 0.25) is 0 Å². The molecule has 1 saturated heterocycles. The summed E-state index contributed by atoms with van der Waals surface area (Å²) >= 11 is 0. The van der Waals surface area contributed by atoms with Crippen molar-refractivity contribution in [2.75, 3.05) is 13.1 Å². The fraction of sp³-hybridized carbons (Fsp3) is 0.714. The summed E-state index contributed by atoms with van der Waals surface area (Å²) in [5.74, 6) is 0.405. The van der Waals surface area contributed by atoms with E-state index in [1.165, 1.54) is 25.7 Å². The third-order valence-electron chi connectivity index (χ3n) is 4.16. The lowest BCUT2D eigenvalue weighted by molar-refractivity contribution is -0.121. The summed E-state index contributed by atoms with van der Waals surface area (Å²) in [5.41, 5.74) is 1.15. The van der Waals surface area contributed by atoms with Gasteiger partial charge in [-0.2, -0.15) is 5.10 Å². The van der Waals surface area contributed by atoms with Gasteiger partial charge in [-0.3, -0.25) is 14.4 Å². The van der Waals surface area contributed by atoms with Gasteiger partial charge in [-0.1, -0.05) is 12.8 Å². The number of hydrogen-bond acceptors (Lipinski definition) is 3. The van der Waals surface area contributed by atoms with Crippen molar-refractivity contribution in [1.29, 1.82) is 0 Å². The van der Waals surface area contributed by atoms with E-state index in [9.17, 15) is 4.79 Å². The maximum Gasteiger partial charge on any atom is 0.135 e. The zero-order valence-corrected chi connectivity index (χ0v) is 10.8. The molecule has 0 atom stereocenters. The molecular formula is C14H21N3O. The normalized spacial score (nSPS) is 22.8. The Morgan fingerprint density at radius 3 is 2.67 bits per heavy atom. The number of likely N-dealkylation sites (tertiary alicyclic amines) is 1. The summed E-state index contributed by atoms with van der Waals surface area (Å²) in [5, 5.41) is 4.70. The summed E-state index contributed by atoms with van der Waals surface area (Å²) in [6, 6.07) is 2.76. The number of carbonyl (C=O) groups is 1. The first-order valence-electron chi connectivity index (χ1n) is 7.09. The molecule has 0 amide bonds. The van der Waals surface area contributed by atoms with Crippen LogP contribution in [0, 0.1) is 0 Å². The lowest BCUT2D eigenvalue weighted by atomic mass is 10.1. The first-order chi connectivity index (χ1) is 8.81. The Balaban J connectivity index is 1.58. The Hall–Kier alpha value is -1.16. The highest BCUT2D eigenvalue weighted by molar-refractivity contribution is 5.79. The highest BCUT2D eigenvalue weighted by Crippen LogP contribution is 2.28. The lowest BCUT2D eigenvalue weighted by Gasteiger charge is -2.24. The predicted octanol–water partition coefficient (Wildman–Crippen LogP) is 2.16. The van der Waals surface area contributed by atoms with Crippen molar-refractivity contribution >= 4 is 5.78 Å². The zero-order valence-electron chi connectivity index (χ0n) is 10.8. The predicted molar refractivity (Wildman–Crippen MR) is 69.3 cm³/mol. The van der Waals surface area contributed by atoms with Gasteiger partial charge in [0.15, 0.2) is 0 Å². The molecule has 3 rings (SSSR count). The van der Waals surface area contributed by atoms with Crippen molar-refractivity contribution in [3.05, 3.63) is 18.0 Å². The van der Waals surface area contributed by atoms with Gasteiger partial charge in [-0.05, 0) is 18.9 Å². The maximum absolute atomic E-state index is 11.2. The minimum atomic E-state index is 0.405. The first-order valence-corrected chi connectivity index (χ1v) is 7.09. The van der Waals surface area contributed by atoms with E-state index in [2.05, 4.69) is 21.8 Å². The molecule has 1 aromatic rings. The molecule has 2 aliphatic rings. The molecule has 1 aromatic heterocycles. The van der Waals surface area contributed by atoms with Crippen molar-refractivity contribution in [3.63, 3.8) is 0 Å². The molecule has 1 saturated carbocycles. The topological polar surface area (TPSA) is 38.1 Å². The van der Waals surface area contributed by atoms with Crippen LogP contribution in [0.1, 0.15) is 50.3 Å². The highest BCUT2D eigenvalue weighted by Gasteiger charge is 2.19. The van der Waals surface area contributed by atoms with Crippen LogP contribution in [0.4, 0.5) is 0 Å². The molecule has 98 valence electrons. The van der Waals surface area contributed by atoms with Crippen molar-refractivity contribution in [1.82, 2.24) is 14.7 Å². The Morgan fingerprint density at radius 2 is 1.94 bits per heavy atom. The first kappa shape index (κ1) is 11.9. The number of piperidine rings is 1. The number of rotatable bonds is 3. The van der Waals surface area contributed by atoms with Gasteiger partial charge in [-0.25, -0.2) is 0 Å². The van der Waals surface area contributed by atoms with Crippen molar-refractivity contribution in [2.24, 2.45) is 0 Å². The SMILES string of the molecule is O=C1CCN(Cc2ccn(C3CCCC3)n2)CC1. The lowest BCUT2D eigenvalue weighted by Crippen LogP contribution is -2.33. The molecule has 0 aromatic carbocycles. The van der Waals surface area contributed by atoms with Crippen LogP contribution in [-0.2, 0) is 11.3 Å². The van der Waals surface area contributed by atoms with Crippen molar-refractivity contribution < 1.29 is 4.79 Å². The Labute approximate surface area is 108 Å². The van der Waals surface area contributed by atoms with Crippen LogP contribution < -0.4 is 0 Å². The molecule has 2 heterocycles. The number of Topliss-reactive ketones (excluding diaryl/α,β-unsaturated/α-hetero) is 1. The number of nitrogens with zero attached hydrogens (tertiary/aromatic N) is 3. The summed E-state index contributed by atoms with van der Waals surface area (Å²) in [6.07, 6.45) is 8.79. The Kier molecular flexibility index (Phi) is 3.46. The van der Waals surface area contributed by atoms with E-state index < -0.39 is 0 Å². The van der Waals surface area contributed by atoms with Gasteiger partial charge in [0.2, 0.25) is 0 Å². The monoisotopic (exact) mass is 247 g/mol. The number of aromatic nitrogens is 2. The molecule has 1 aliphatic carbocycles. The smallest absolute Gasteiger partial charge is 0.135 e. The standard InChI is InChI=1S/C14H21N3O/c18-14-6-8-16(9-7-14)11-12-5-10-17(15-12)13-3-1-2-4-13/h5,10,13H,1-4,6-9,11H2. The molecule has 0 unspecified atom stereocenters. The Bertz CT molecular complexity index is 410. The van der Waals surface area contributed by atoms with Gasteiger partial charge in [-0.15, -0.1) is 0 Å². The van der Waals surface area contributed by atoms with E-state index in [-0.39, 0.29) is 0 Å². The summed E-state index contributed by atoms with van der Waals surface area (Å²) in [4.78, 5) is 13.5. The van der Waals surface area contributed by atoms with Gasteiger partial charge < -0.3 is 0 Å². The van der Waals surface area contributed by atoms with E-state index in [0.717, 1.165) is 25.3 Å². The fourth-order valence-electron chi connectivity index (χ4n) is 3.02. The summed E-state index contributed by atoms with van der Waals surface area (Å²) in [6.45, 7) is 2.69. The molecule has 0 radical (unpaired) electrons. The Morgan fingerprint density at radius 1 is 1.22 bits per heavy atom. The maximum atomic E-state index is 11.2. The van der Waals surface area contributed by atoms with Gasteiger partial charge in [0.05, 0.1) is 11.7 Å². The average Bonchev–Trinajstić information content (AvgIpc) is 3.02. The number of ketones is 1. The van der Waals surface area contributed by atoms with Gasteiger partial charge in [0, 0.05) is 38.7 Å². The second-order valence-corrected chi connectivity index (χ2v) is 5.54. The van der Waals surface area contributed by atoms with E-state index in [1.807, 2.05) is 0 Å². The second-order valence-electron chi connectivity index (χ2n) is 5.54. The largest absolute Gasteiger partial charge is 0.300 e. The van der Waals surface area contributed by atoms with Crippen molar-refractivity contribution in [2.45, 2.75) is 51.1 Å². The molecule has 2 fully saturated rings. The van der Waals surface area contributed by atoms with E-state index in [1.54, 1.807) is 0 Å².